The van der Waals surface area contributed by atoms with Gasteiger partial charge in [0.05, 0.1) is 6.04 Å². The highest BCUT2D eigenvalue weighted by molar-refractivity contribution is 5.74. The number of nitrogens with zero attached hydrogens (tertiary/aromatic N) is 4. The number of alkyl halides is 3. The average Bonchev–Trinajstić information content (AvgIpc) is 3.39. The van der Waals surface area contributed by atoms with Gasteiger partial charge in [0.25, 0.3) is 0 Å². The van der Waals surface area contributed by atoms with E-state index in [1.807, 2.05) is 6.33 Å². The zero-order valence-corrected chi connectivity index (χ0v) is 19.3. The third kappa shape index (κ3) is 5.13. The molecule has 0 bridgehead atoms. The summed E-state index contributed by atoms with van der Waals surface area (Å²) in [6.45, 7) is 1.93. The molecule has 6 rings (SSSR count). The van der Waals surface area contributed by atoms with Crippen LogP contribution in [0.2, 0.25) is 0 Å². The van der Waals surface area contributed by atoms with Gasteiger partial charge in [0, 0.05) is 31.8 Å². The Morgan fingerprint density at radius 3 is 2.20 bits per heavy atom. The van der Waals surface area contributed by atoms with Crippen molar-refractivity contribution in [2.75, 3.05) is 13.1 Å². The lowest BCUT2D eigenvalue weighted by Gasteiger charge is -2.53. The molecule has 1 saturated heterocycles. The standard InChI is InChI=1S/C12H10F5NO2.C12H17N3/c1-6(19)18-4-8(5-18)7-2-9(13)11(10(14)3-7)20-12(15,16)17;1-4-12(5-1)6-10(7-12)15-8-13-11(14-15)9-2-3-9/h2-3,8H,4-5H2,1H3;8-10H,1-7H2. The number of hydrogen-bond acceptors (Lipinski definition) is 4. The minimum absolute atomic E-state index is 0.167. The van der Waals surface area contributed by atoms with Crippen molar-refractivity contribution in [2.24, 2.45) is 5.41 Å². The van der Waals surface area contributed by atoms with Crippen LogP contribution in [-0.2, 0) is 4.79 Å². The van der Waals surface area contributed by atoms with E-state index in [-0.39, 0.29) is 30.5 Å². The third-order valence-corrected chi connectivity index (χ3v) is 7.63. The van der Waals surface area contributed by atoms with Gasteiger partial charge in [0.2, 0.25) is 11.7 Å². The van der Waals surface area contributed by atoms with Gasteiger partial charge in [0.1, 0.15) is 6.33 Å². The van der Waals surface area contributed by atoms with Crippen LogP contribution in [0, 0.1) is 17.0 Å². The number of benzene rings is 1. The fraction of sp³-hybridized carbons (Fsp3) is 0.625. The number of aromatic nitrogens is 3. The van der Waals surface area contributed by atoms with E-state index >= 15 is 0 Å². The SMILES string of the molecule is CC(=O)N1CC(c2cc(F)c(OC(F)(F)F)c(F)c2)C1.c1nc(C2CC2)nn1C1CC2(CCC2)C1. The van der Waals surface area contributed by atoms with Crippen LogP contribution in [0.15, 0.2) is 18.5 Å². The summed E-state index contributed by atoms with van der Waals surface area (Å²) in [6, 6.07) is 2.27. The van der Waals surface area contributed by atoms with Gasteiger partial charge in [-0.3, -0.25) is 4.79 Å². The van der Waals surface area contributed by atoms with Gasteiger partial charge >= 0.3 is 6.36 Å². The first kappa shape index (κ1) is 24.0. The van der Waals surface area contributed by atoms with Gasteiger partial charge in [-0.1, -0.05) is 6.42 Å². The Kier molecular flexibility index (Phi) is 5.99. The van der Waals surface area contributed by atoms with Gasteiger partial charge < -0.3 is 9.64 Å². The predicted molar refractivity (Wildman–Crippen MR) is 115 cm³/mol. The van der Waals surface area contributed by atoms with Crippen molar-refractivity contribution in [3.63, 3.8) is 0 Å². The molecule has 1 aromatic carbocycles. The second-order valence-electron chi connectivity index (χ2n) is 10.3. The van der Waals surface area contributed by atoms with E-state index < -0.39 is 23.7 Å². The summed E-state index contributed by atoms with van der Waals surface area (Å²) < 4.78 is 68.3. The largest absolute Gasteiger partial charge is 0.573 e. The number of carbonyl (C=O) groups excluding carboxylic acids is 1. The first-order valence-corrected chi connectivity index (χ1v) is 11.9. The summed E-state index contributed by atoms with van der Waals surface area (Å²) in [5.41, 5.74) is 0.947. The molecule has 0 unspecified atom stereocenters. The third-order valence-electron chi connectivity index (χ3n) is 7.63. The van der Waals surface area contributed by atoms with Gasteiger partial charge in [-0.15, -0.1) is 13.2 Å². The van der Waals surface area contributed by atoms with E-state index in [1.165, 1.54) is 56.8 Å². The maximum Gasteiger partial charge on any atom is 0.573 e. The van der Waals surface area contributed by atoms with Crippen LogP contribution in [0.4, 0.5) is 22.0 Å². The molecule has 0 N–H and O–H groups in total. The molecule has 2 aromatic rings. The minimum atomic E-state index is -5.16. The quantitative estimate of drug-likeness (QED) is 0.525. The number of amides is 1. The van der Waals surface area contributed by atoms with E-state index in [4.69, 9.17) is 0 Å². The van der Waals surface area contributed by atoms with Gasteiger partial charge in [-0.2, -0.15) is 5.10 Å². The molecule has 6 nitrogen and oxygen atoms in total. The van der Waals surface area contributed by atoms with Crippen LogP contribution in [0.25, 0.3) is 0 Å². The van der Waals surface area contributed by atoms with E-state index in [0.717, 1.165) is 23.4 Å². The maximum absolute atomic E-state index is 13.5. The molecular weight excluding hydrogens is 471 g/mol. The Hall–Kier alpha value is -2.72. The second-order valence-corrected chi connectivity index (χ2v) is 10.3. The Labute approximate surface area is 199 Å². The highest BCUT2D eigenvalue weighted by atomic mass is 19.4. The molecule has 3 aliphatic carbocycles. The number of carbonyl (C=O) groups is 1. The number of halogens is 5. The highest BCUT2D eigenvalue weighted by Crippen LogP contribution is 2.60. The van der Waals surface area contributed by atoms with E-state index in [9.17, 15) is 26.7 Å². The Morgan fingerprint density at radius 1 is 1.09 bits per heavy atom. The van der Waals surface area contributed by atoms with Crippen molar-refractivity contribution in [3.05, 3.63) is 41.5 Å². The van der Waals surface area contributed by atoms with Crippen LogP contribution < -0.4 is 4.74 Å². The lowest BCUT2D eigenvalue weighted by Crippen LogP contribution is -2.47. The van der Waals surface area contributed by atoms with Crippen LogP contribution >= 0.6 is 0 Å². The Bertz CT molecular complexity index is 1070. The molecule has 3 saturated carbocycles. The minimum Gasteiger partial charge on any atom is -0.399 e. The molecule has 1 amide bonds. The maximum atomic E-state index is 13.5. The lowest BCUT2D eigenvalue weighted by atomic mass is 9.54. The molecule has 1 aromatic heterocycles. The lowest BCUT2D eigenvalue weighted by molar-refractivity contribution is -0.276. The first-order chi connectivity index (χ1) is 16.5. The molecule has 11 heteroatoms. The number of rotatable bonds is 4. The molecule has 4 fully saturated rings. The van der Waals surface area contributed by atoms with E-state index in [2.05, 4.69) is 19.5 Å². The van der Waals surface area contributed by atoms with E-state index in [0.29, 0.717) is 12.0 Å². The van der Waals surface area contributed by atoms with Crippen molar-refractivity contribution in [1.82, 2.24) is 19.7 Å². The number of ether oxygens (including phenoxy) is 1. The van der Waals surface area contributed by atoms with Gasteiger partial charge in [-0.25, -0.2) is 18.4 Å². The summed E-state index contributed by atoms with van der Waals surface area (Å²) in [5.74, 6) is -2.96. The van der Waals surface area contributed by atoms with Gasteiger partial charge in [0.15, 0.2) is 17.5 Å². The molecule has 4 aliphatic rings. The molecule has 35 heavy (non-hydrogen) atoms. The number of likely N-dealkylation sites (tertiary alicyclic amines) is 1. The van der Waals surface area contributed by atoms with Crippen LogP contribution in [0.5, 0.6) is 5.75 Å². The average molecular weight is 498 g/mol. The zero-order chi connectivity index (χ0) is 25.0. The first-order valence-electron chi connectivity index (χ1n) is 11.9. The predicted octanol–water partition coefficient (Wildman–Crippen LogP) is 5.47. The molecule has 1 spiro atoms. The normalized spacial score (nSPS) is 21.5. The Morgan fingerprint density at radius 2 is 1.71 bits per heavy atom. The molecule has 0 radical (unpaired) electrons. The smallest absolute Gasteiger partial charge is 0.399 e. The summed E-state index contributed by atoms with van der Waals surface area (Å²) in [5, 5.41) is 4.62. The highest BCUT2D eigenvalue weighted by Gasteiger charge is 2.49. The molecule has 190 valence electrons. The second kappa shape index (κ2) is 8.74. The zero-order valence-electron chi connectivity index (χ0n) is 19.3. The summed E-state index contributed by atoms with van der Waals surface area (Å²) >= 11 is 0. The Balaban J connectivity index is 0.000000149. The summed E-state index contributed by atoms with van der Waals surface area (Å²) in [7, 11) is 0. The van der Waals surface area contributed by atoms with Crippen LogP contribution in [-0.4, -0.2) is 45.0 Å². The van der Waals surface area contributed by atoms with Crippen molar-refractivity contribution >= 4 is 5.91 Å². The van der Waals surface area contributed by atoms with Crippen molar-refractivity contribution in [2.45, 2.75) is 76.1 Å². The van der Waals surface area contributed by atoms with E-state index in [1.54, 1.807) is 0 Å². The molecule has 0 atom stereocenters. The van der Waals surface area contributed by atoms with Crippen molar-refractivity contribution < 1.29 is 31.5 Å². The summed E-state index contributed by atoms with van der Waals surface area (Å²) in [6.07, 6.45) is 6.52. The van der Waals surface area contributed by atoms with Crippen molar-refractivity contribution in [1.29, 1.82) is 0 Å². The molecule has 1 aliphatic heterocycles. The van der Waals surface area contributed by atoms with Crippen LogP contribution in [0.3, 0.4) is 0 Å². The molecule has 2 heterocycles. The molecular formula is C24H27F5N4O2. The monoisotopic (exact) mass is 498 g/mol. The fourth-order valence-electron chi connectivity index (χ4n) is 5.18. The fourth-order valence-corrected chi connectivity index (χ4v) is 5.18. The summed E-state index contributed by atoms with van der Waals surface area (Å²) in [4.78, 5) is 16.9. The van der Waals surface area contributed by atoms with Crippen molar-refractivity contribution in [3.8, 4) is 5.75 Å². The van der Waals surface area contributed by atoms with Crippen LogP contribution in [0.1, 0.15) is 81.1 Å². The number of hydrogen-bond donors (Lipinski definition) is 0. The van der Waals surface area contributed by atoms with Gasteiger partial charge in [-0.05, 0) is 61.6 Å². The topological polar surface area (TPSA) is 60.3 Å².